The van der Waals surface area contributed by atoms with Gasteiger partial charge in [0.25, 0.3) is 0 Å². The van der Waals surface area contributed by atoms with Crippen LogP contribution in [0.3, 0.4) is 0 Å². The molecule has 0 bridgehead atoms. The minimum Gasteiger partial charge on any atom is -0.320 e. The van der Waals surface area contributed by atoms with Crippen molar-refractivity contribution in [3.8, 4) is 0 Å². The lowest BCUT2D eigenvalue weighted by Crippen LogP contribution is -2.15. The molecular weight excluding hydrogens is 258 g/mol. The Kier molecular flexibility index (Phi) is 3.59. The maximum absolute atomic E-state index is 13.7. The van der Waals surface area contributed by atoms with Crippen LogP contribution in [0.4, 0.5) is 8.78 Å². The molecule has 0 aliphatic heterocycles. The Morgan fingerprint density at radius 1 is 1.22 bits per heavy atom. The predicted molar refractivity (Wildman–Crippen MR) is 66.4 cm³/mol. The molecule has 1 aromatic carbocycles. The summed E-state index contributed by atoms with van der Waals surface area (Å²) in [7, 11) is 0. The van der Waals surface area contributed by atoms with Crippen LogP contribution < -0.4 is 5.73 Å². The van der Waals surface area contributed by atoms with Gasteiger partial charge < -0.3 is 5.73 Å². The smallest absolute Gasteiger partial charge is 0.142 e. The second kappa shape index (κ2) is 5.00. The molecule has 2 N–H and O–H groups in total. The molecule has 0 spiro atoms. The van der Waals surface area contributed by atoms with Crippen molar-refractivity contribution in [3.63, 3.8) is 0 Å². The monoisotopic (exact) mass is 268 g/mol. The van der Waals surface area contributed by atoms with Crippen LogP contribution in [0.15, 0.2) is 30.6 Å². The van der Waals surface area contributed by atoms with E-state index in [0.29, 0.717) is 5.56 Å². The Morgan fingerprint density at radius 2 is 1.94 bits per heavy atom. The normalized spacial score (nSPS) is 12.5. The number of hydrogen-bond acceptors (Lipinski definition) is 2. The van der Waals surface area contributed by atoms with E-state index < -0.39 is 17.7 Å². The molecule has 0 fully saturated rings. The third-order valence-electron chi connectivity index (χ3n) is 2.79. The van der Waals surface area contributed by atoms with Crippen molar-refractivity contribution in [2.24, 2.45) is 5.73 Å². The maximum atomic E-state index is 13.7. The summed E-state index contributed by atoms with van der Waals surface area (Å²) in [6.07, 6.45) is 3.16. The summed E-state index contributed by atoms with van der Waals surface area (Å²) in [5.74, 6) is -1.32. The highest BCUT2D eigenvalue weighted by molar-refractivity contribution is 6.30. The first kappa shape index (κ1) is 12.9. The molecule has 2 aromatic rings. The number of aromatic nitrogens is 1. The molecule has 0 saturated carbocycles. The second-order valence-corrected chi connectivity index (χ2v) is 4.40. The van der Waals surface area contributed by atoms with Crippen LogP contribution in [0.1, 0.15) is 22.7 Å². The fraction of sp³-hybridized carbons (Fsp3) is 0.154. The van der Waals surface area contributed by atoms with Gasteiger partial charge in [-0.25, -0.2) is 8.78 Å². The van der Waals surface area contributed by atoms with Crippen LogP contribution in [-0.2, 0) is 0 Å². The number of nitrogens with zero attached hydrogens (tertiary/aromatic N) is 1. The fourth-order valence-corrected chi connectivity index (χ4v) is 1.90. The van der Waals surface area contributed by atoms with Gasteiger partial charge in [-0.15, -0.1) is 0 Å². The first-order valence-corrected chi connectivity index (χ1v) is 5.69. The summed E-state index contributed by atoms with van der Waals surface area (Å²) >= 11 is 5.50. The molecule has 0 radical (unpaired) electrons. The van der Waals surface area contributed by atoms with E-state index in [2.05, 4.69) is 4.98 Å². The fourth-order valence-electron chi connectivity index (χ4n) is 1.75. The Hall–Kier alpha value is -1.52. The zero-order valence-electron chi connectivity index (χ0n) is 9.62. The molecule has 5 heteroatoms. The van der Waals surface area contributed by atoms with Crippen molar-refractivity contribution >= 4 is 11.6 Å². The molecule has 94 valence electrons. The highest BCUT2D eigenvalue weighted by Gasteiger charge is 2.18. The molecular formula is C13H11ClF2N2. The molecule has 0 saturated heterocycles. The molecule has 1 atom stereocenters. The van der Waals surface area contributed by atoms with Crippen LogP contribution in [0.2, 0.25) is 5.02 Å². The summed E-state index contributed by atoms with van der Waals surface area (Å²) < 4.78 is 27.1. The molecule has 2 nitrogen and oxygen atoms in total. The van der Waals surface area contributed by atoms with E-state index >= 15 is 0 Å². The third-order valence-corrected chi connectivity index (χ3v) is 3.08. The SMILES string of the molecule is Cc1ccncc1C(N)c1cc(F)c(Cl)cc1F. The number of pyridine rings is 1. The average molecular weight is 269 g/mol. The molecule has 2 rings (SSSR count). The first-order chi connectivity index (χ1) is 8.50. The number of benzene rings is 1. The minimum absolute atomic E-state index is 0.0630. The molecule has 1 heterocycles. The van der Waals surface area contributed by atoms with E-state index in [1.54, 1.807) is 18.5 Å². The number of halogens is 3. The Bertz CT molecular complexity index is 587. The Morgan fingerprint density at radius 3 is 2.61 bits per heavy atom. The van der Waals surface area contributed by atoms with E-state index in [0.717, 1.165) is 17.7 Å². The van der Waals surface area contributed by atoms with E-state index in [9.17, 15) is 8.78 Å². The van der Waals surface area contributed by atoms with E-state index in [4.69, 9.17) is 17.3 Å². The van der Waals surface area contributed by atoms with Crippen molar-refractivity contribution in [2.75, 3.05) is 0 Å². The minimum atomic E-state index is -0.773. The summed E-state index contributed by atoms with van der Waals surface area (Å²) in [6.45, 7) is 1.83. The van der Waals surface area contributed by atoms with Crippen LogP contribution in [0.5, 0.6) is 0 Å². The van der Waals surface area contributed by atoms with Gasteiger partial charge in [0.15, 0.2) is 0 Å². The van der Waals surface area contributed by atoms with Gasteiger partial charge in [0.05, 0.1) is 11.1 Å². The molecule has 0 amide bonds. The lowest BCUT2D eigenvalue weighted by atomic mass is 9.97. The highest BCUT2D eigenvalue weighted by Crippen LogP contribution is 2.27. The number of hydrogen-bond donors (Lipinski definition) is 1. The largest absolute Gasteiger partial charge is 0.320 e. The van der Waals surface area contributed by atoms with Gasteiger partial charge in [0, 0.05) is 18.0 Å². The Labute approximate surface area is 108 Å². The van der Waals surface area contributed by atoms with Crippen molar-refractivity contribution in [2.45, 2.75) is 13.0 Å². The van der Waals surface area contributed by atoms with Crippen LogP contribution in [0, 0.1) is 18.6 Å². The topological polar surface area (TPSA) is 38.9 Å². The number of nitrogens with two attached hydrogens (primary N) is 1. The second-order valence-electron chi connectivity index (χ2n) is 4.00. The first-order valence-electron chi connectivity index (χ1n) is 5.31. The van der Waals surface area contributed by atoms with Crippen molar-refractivity contribution in [3.05, 3.63) is 63.9 Å². The number of rotatable bonds is 2. The quantitative estimate of drug-likeness (QED) is 0.848. The molecule has 1 unspecified atom stereocenters. The van der Waals surface area contributed by atoms with Gasteiger partial charge in [-0.1, -0.05) is 11.6 Å². The molecule has 0 aliphatic carbocycles. The maximum Gasteiger partial charge on any atom is 0.142 e. The zero-order chi connectivity index (χ0) is 13.3. The van der Waals surface area contributed by atoms with Crippen LogP contribution >= 0.6 is 11.6 Å². The lowest BCUT2D eigenvalue weighted by molar-refractivity contribution is 0.576. The van der Waals surface area contributed by atoms with Crippen molar-refractivity contribution in [1.29, 1.82) is 0 Å². The van der Waals surface area contributed by atoms with Gasteiger partial charge in [0.2, 0.25) is 0 Å². The van der Waals surface area contributed by atoms with Crippen LogP contribution in [0.25, 0.3) is 0 Å². The standard InChI is InChI=1S/C13H11ClF2N2/c1-7-2-3-18-6-9(7)13(17)8-4-12(16)10(14)5-11(8)15/h2-6,13H,17H2,1H3. The average Bonchev–Trinajstić information content (AvgIpc) is 2.33. The van der Waals surface area contributed by atoms with E-state index in [1.807, 2.05) is 6.92 Å². The zero-order valence-corrected chi connectivity index (χ0v) is 10.4. The Balaban J connectivity index is 2.50. The van der Waals surface area contributed by atoms with Gasteiger partial charge in [0.1, 0.15) is 11.6 Å². The van der Waals surface area contributed by atoms with Gasteiger partial charge >= 0.3 is 0 Å². The van der Waals surface area contributed by atoms with Gasteiger partial charge in [-0.2, -0.15) is 0 Å². The van der Waals surface area contributed by atoms with E-state index in [-0.39, 0.29) is 10.6 Å². The predicted octanol–water partition coefficient (Wildman–Crippen LogP) is 3.37. The number of aryl methyl sites for hydroxylation is 1. The highest BCUT2D eigenvalue weighted by atomic mass is 35.5. The van der Waals surface area contributed by atoms with Crippen molar-refractivity contribution < 1.29 is 8.78 Å². The van der Waals surface area contributed by atoms with Gasteiger partial charge in [-0.3, -0.25) is 4.98 Å². The summed E-state index contributed by atoms with van der Waals surface area (Å²) in [4.78, 5) is 3.94. The van der Waals surface area contributed by atoms with Crippen LogP contribution in [-0.4, -0.2) is 4.98 Å². The molecule has 0 aliphatic rings. The van der Waals surface area contributed by atoms with E-state index in [1.165, 1.54) is 0 Å². The summed E-state index contributed by atoms with van der Waals surface area (Å²) in [5, 5.41) is -0.258. The third kappa shape index (κ3) is 2.35. The van der Waals surface area contributed by atoms with Crippen molar-refractivity contribution in [1.82, 2.24) is 4.98 Å². The summed E-state index contributed by atoms with van der Waals surface area (Å²) in [5.41, 5.74) is 7.53. The molecule has 1 aromatic heterocycles. The lowest BCUT2D eigenvalue weighted by Gasteiger charge is -2.15. The molecule has 18 heavy (non-hydrogen) atoms. The van der Waals surface area contributed by atoms with Gasteiger partial charge in [-0.05, 0) is 36.2 Å². The summed E-state index contributed by atoms with van der Waals surface area (Å²) in [6, 6.07) is 2.94.